The smallest absolute Gasteiger partial charge is 0.248 e. The summed E-state index contributed by atoms with van der Waals surface area (Å²) in [5.74, 6) is 0.222. The van der Waals surface area contributed by atoms with Crippen molar-refractivity contribution in [1.29, 1.82) is 0 Å². The largest absolute Gasteiger partial charge is 0.400 e. The summed E-state index contributed by atoms with van der Waals surface area (Å²) < 4.78 is 32.5. The molecule has 0 spiro atoms. The molecule has 0 aliphatic rings. The van der Waals surface area contributed by atoms with E-state index in [2.05, 4.69) is 11.1 Å². The second-order valence-corrected chi connectivity index (χ2v) is 7.81. The van der Waals surface area contributed by atoms with Crippen LogP contribution in [0.15, 0.2) is 0 Å². The zero-order valence-electron chi connectivity index (χ0n) is 15.7. The summed E-state index contributed by atoms with van der Waals surface area (Å²) >= 11 is 0. The normalized spacial score (nSPS) is 14.8. The Kier molecular flexibility index (Phi) is 14.2. The molecule has 0 aromatic rings. The molecule has 0 aromatic heterocycles. The molecule has 0 fully saturated rings. The van der Waals surface area contributed by atoms with Gasteiger partial charge in [0.2, 0.25) is 0 Å². The van der Waals surface area contributed by atoms with E-state index in [1.807, 2.05) is 6.92 Å². The molecule has 23 heavy (non-hydrogen) atoms. The second kappa shape index (κ2) is 14.2. The SMILES string of the molecule is CCCCCCCCCCCCC(C)C(C)OS(=O)(=O)OCC. The van der Waals surface area contributed by atoms with Gasteiger partial charge in [0.05, 0.1) is 12.7 Å². The van der Waals surface area contributed by atoms with Gasteiger partial charge < -0.3 is 0 Å². The average molecular weight is 351 g/mol. The third-order valence-corrected chi connectivity index (χ3v) is 5.41. The quantitative estimate of drug-likeness (QED) is 0.339. The highest BCUT2D eigenvalue weighted by atomic mass is 32.3. The van der Waals surface area contributed by atoms with Crippen LogP contribution >= 0.6 is 0 Å². The Morgan fingerprint density at radius 1 is 0.783 bits per heavy atom. The lowest BCUT2D eigenvalue weighted by molar-refractivity contribution is 0.126. The first-order chi connectivity index (χ1) is 10.9. The van der Waals surface area contributed by atoms with E-state index in [4.69, 9.17) is 4.18 Å². The summed E-state index contributed by atoms with van der Waals surface area (Å²) in [6.07, 6.45) is 13.8. The summed E-state index contributed by atoms with van der Waals surface area (Å²) in [5, 5.41) is 0. The maximum atomic E-state index is 11.4. The van der Waals surface area contributed by atoms with Gasteiger partial charge in [0.25, 0.3) is 0 Å². The second-order valence-electron chi connectivity index (χ2n) is 6.56. The highest BCUT2D eigenvalue weighted by Gasteiger charge is 2.20. The Morgan fingerprint density at radius 3 is 1.74 bits per heavy atom. The van der Waals surface area contributed by atoms with Crippen LogP contribution < -0.4 is 0 Å². The zero-order valence-corrected chi connectivity index (χ0v) is 16.5. The molecule has 140 valence electrons. The van der Waals surface area contributed by atoms with Gasteiger partial charge in [-0.2, -0.15) is 8.42 Å². The fourth-order valence-corrected chi connectivity index (χ4v) is 3.55. The third-order valence-electron chi connectivity index (χ3n) is 4.35. The summed E-state index contributed by atoms with van der Waals surface area (Å²) in [6, 6.07) is 0. The molecule has 2 unspecified atom stereocenters. The van der Waals surface area contributed by atoms with Crippen LogP contribution in [-0.2, 0) is 18.8 Å². The van der Waals surface area contributed by atoms with E-state index in [9.17, 15) is 8.42 Å². The zero-order chi connectivity index (χ0) is 17.6. The fourth-order valence-electron chi connectivity index (χ4n) is 2.64. The topological polar surface area (TPSA) is 52.6 Å². The van der Waals surface area contributed by atoms with Crippen molar-refractivity contribution in [1.82, 2.24) is 0 Å². The molecule has 0 radical (unpaired) electrons. The third kappa shape index (κ3) is 14.0. The van der Waals surface area contributed by atoms with Gasteiger partial charge in [-0.05, 0) is 26.2 Å². The van der Waals surface area contributed by atoms with Gasteiger partial charge >= 0.3 is 10.4 Å². The molecular weight excluding hydrogens is 312 g/mol. The first kappa shape index (κ1) is 22.9. The van der Waals surface area contributed by atoms with Gasteiger partial charge in [0.1, 0.15) is 0 Å². The van der Waals surface area contributed by atoms with E-state index in [0.29, 0.717) is 0 Å². The Morgan fingerprint density at radius 2 is 1.26 bits per heavy atom. The Labute approximate surface area is 144 Å². The first-order valence-corrected chi connectivity index (χ1v) is 10.8. The minimum atomic E-state index is -3.83. The molecule has 0 amide bonds. The molecule has 0 N–H and O–H groups in total. The molecule has 0 aromatic carbocycles. The molecule has 0 heterocycles. The van der Waals surface area contributed by atoms with Crippen LogP contribution in [0.25, 0.3) is 0 Å². The molecule has 0 saturated heterocycles. The highest BCUT2D eigenvalue weighted by Crippen LogP contribution is 2.19. The maximum absolute atomic E-state index is 11.4. The maximum Gasteiger partial charge on any atom is 0.400 e. The Bertz CT molecular complexity index is 354. The van der Waals surface area contributed by atoms with Crippen molar-refractivity contribution in [2.24, 2.45) is 5.92 Å². The van der Waals surface area contributed by atoms with Gasteiger partial charge in [-0.25, -0.2) is 8.37 Å². The van der Waals surface area contributed by atoms with Gasteiger partial charge in [0, 0.05) is 0 Å². The minimum absolute atomic E-state index is 0.113. The van der Waals surface area contributed by atoms with Crippen molar-refractivity contribution >= 4 is 10.4 Å². The molecule has 0 bridgehead atoms. The summed E-state index contributed by atoms with van der Waals surface area (Å²) in [7, 11) is -3.83. The van der Waals surface area contributed by atoms with Crippen LogP contribution in [0.3, 0.4) is 0 Å². The molecular formula is C18H38O4S. The van der Waals surface area contributed by atoms with E-state index < -0.39 is 10.4 Å². The van der Waals surface area contributed by atoms with Crippen LogP contribution in [0.4, 0.5) is 0 Å². The first-order valence-electron chi connectivity index (χ1n) is 9.50. The molecule has 0 aliphatic carbocycles. The summed E-state index contributed by atoms with van der Waals surface area (Å²) in [5.41, 5.74) is 0. The lowest BCUT2D eigenvalue weighted by atomic mass is 9.97. The predicted octanol–water partition coefficient (Wildman–Crippen LogP) is 5.62. The molecule has 0 aliphatic heterocycles. The van der Waals surface area contributed by atoms with E-state index in [1.165, 1.54) is 57.8 Å². The van der Waals surface area contributed by atoms with Crippen molar-refractivity contribution in [2.75, 3.05) is 6.61 Å². The Hall–Kier alpha value is -0.130. The van der Waals surface area contributed by atoms with Crippen LogP contribution in [0.1, 0.15) is 98.3 Å². The molecule has 2 atom stereocenters. The molecule has 4 nitrogen and oxygen atoms in total. The fraction of sp³-hybridized carbons (Fsp3) is 1.00. The van der Waals surface area contributed by atoms with Crippen molar-refractivity contribution in [3.05, 3.63) is 0 Å². The minimum Gasteiger partial charge on any atom is -0.248 e. The lowest BCUT2D eigenvalue weighted by Gasteiger charge is -2.19. The van der Waals surface area contributed by atoms with Crippen molar-refractivity contribution < 1.29 is 16.8 Å². The van der Waals surface area contributed by atoms with Crippen LogP contribution in [0, 0.1) is 5.92 Å². The lowest BCUT2D eigenvalue weighted by Crippen LogP contribution is -2.23. The van der Waals surface area contributed by atoms with E-state index >= 15 is 0 Å². The van der Waals surface area contributed by atoms with Crippen molar-refractivity contribution in [3.63, 3.8) is 0 Å². The number of rotatable bonds is 16. The van der Waals surface area contributed by atoms with Crippen molar-refractivity contribution in [2.45, 2.75) is 104 Å². The van der Waals surface area contributed by atoms with Crippen LogP contribution in [-0.4, -0.2) is 21.1 Å². The van der Waals surface area contributed by atoms with E-state index in [1.54, 1.807) is 13.8 Å². The monoisotopic (exact) mass is 350 g/mol. The van der Waals surface area contributed by atoms with E-state index in [0.717, 1.165) is 12.8 Å². The standard InChI is InChI=1S/C18H38O4S/c1-5-7-8-9-10-11-12-13-14-15-16-17(3)18(4)22-23(19,20)21-6-2/h17-18H,5-16H2,1-4H3. The number of hydrogen-bond donors (Lipinski definition) is 0. The Balaban J connectivity index is 3.57. The van der Waals surface area contributed by atoms with Crippen LogP contribution in [0.5, 0.6) is 0 Å². The summed E-state index contributed by atoms with van der Waals surface area (Å²) in [6.45, 7) is 7.84. The predicted molar refractivity (Wildman–Crippen MR) is 96.7 cm³/mol. The van der Waals surface area contributed by atoms with Gasteiger partial charge in [-0.3, -0.25) is 0 Å². The highest BCUT2D eigenvalue weighted by molar-refractivity contribution is 7.81. The van der Waals surface area contributed by atoms with E-state index in [-0.39, 0.29) is 18.6 Å². The van der Waals surface area contributed by atoms with Gasteiger partial charge in [-0.15, -0.1) is 0 Å². The molecule has 0 saturated carbocycles. The summed E-state index contributed by atoms with van der Waals surface area (Å²) in [4.78, 5) is 0. The average Bonchev–Trinajstić information content (AvgIpc) is 2.48. The molecule has 5 heteroatoms. The number of unbranched alkanes of at least 4 members (excludes halogenated alkanes) is 9. The number of hydrogen-bond acceptors (Lipinski definition) is 4. The van der Waals surface area contributed by atoms with Crippen molar-refractivity contribution in [3.8, 4) is 0 Å². The molecule has 0 rings (SSSR count). The van der Waals surface area contributed by atoms with Gasteiger partial charge in [-0.1, -0.05) is 78.1 Å². The van der Waals surface area contributed by atoms with Gasteiger partial charge in [0.15, 0.2) is 0 Å². The van der Waals surface area contributed by atoms with Crippen LogP contribution in [0.2, 0.25) is 0 Å².